The van der Waals surface area contributed by atoms with E-state index in [9.17, 15) is 26.0 Å². The number of hydrogen-bond acceptors (Lipinski definition) is 6. The Bertz CT molecular complexity index is 1230. The van der Waals surface area contributed by atoms with E-state index in [0.29, 0.717) is 18.7 Å². The van der Waals surface area contributed by atoms with Crippen LogP contribution in [0.5, 0.6) is 5.75 Å². The van der Waals surface area contributed by atoms with Gasteiger partial charge in [-0.25, -0.2) is 21.2 Å². The minimum absolute atomic E-state index is 0.0154. The predicted molar refractivity (Wildman–Crippen MR) is 124 cm³/mol. The highest BCUT2D eigenvalue weighted by Crippen LogP contribution is 2.27. The van der Waals surface area contributed by atoms with Crippen molar-refractivity contribution >= 4 is 26.0 Å². The van der Waals surface area contributed by atoms with Gasteiger partial charge in [-0.05, 0) is 48.7 Å². The first kappa shape index (κ1) is 26.1. The van der Waals surface area contributed by atoms with Crippen LogP contribution >= 0.6 is 0 Å². The molecule has 1 saturated heterocycles. The molecular weight excluding hydrogens is 485 g/mol. The van der Waals surface area contributed by atoms with Crippen LogP contribution < -0.4 is 10.1 Å². The number of likely N-dealkylation sites (N-methyl/N-ethyl adjacent to an activating group) is 1. The Labute approximate surface area is 199 Å². The summed E-state index contributed by atoms with van der Waals surface area (Å²) in [6, 6.07) is 9.35. The summed E-state index contributed by atoms with van der Waals surface area (Å²) in [5.74, 6) is -1.33. The molecule has 0 spiro atoms. The third-order valence-electron chi connectivity index (χ3n) is 5.53. The van der Waals surface area contributed by atoms with Gasteiger partial charge in [0.05, 0.1) is 18.6 Å². The van der Waals surface area contributed by atoms with E-state index in [1.54, 1.807) is 19.1 Å². The predicted octanol–water partition coefficient (Wildman–Crippen LogP) is 1.95. The Kier molecular flexibility index (Phi) is 8.29. The van der Waals surface area contributed by atoms with Crippen molar-refractivity contribution in [1.29, 1.82) is 0 Å². The van der Waals surface area contributed by atoms with E-state index in [0.717, 1.165) is 29.3 Å². The number of sulfonamides is 2. The Morgan fingerprint density at radius 3 is 2.32 bits per heavy atom. The molecular formula is C22H28FN3O6S2. The summed E-state index contributed by atoms with van der Waals surface area (Å²) in [6.45, 7) is 2.19. The van der Waals surface area contributed by atoms with Crippen molar-refractivity contribution in [2.45, 2.75) is 36.1 Å². The number of benzene rings is 2. The topological polar surface area (TPSA) is 113 Å². The first-order valence-electron chi connectivity index (χ1n) is 10.8. The number of rotatable bonds is 10. The zero-order valence-electron chi connectivity index (χ0n) is 19.0. The molecule has 0 aliphatic carbocycles. The lowest BCUT2D eigenvalue weighted by molar-refractivity contribution is -0.121. The fourth-order valence-electron chi connectivity index (χ4n) is 3.63. The van der Waals surface area contributed by atoms with Crippen LogP contribution in [0.25, 0.3) is 0 Å². The average Bonchev–Trinajstić information content (AvgIpc) is 3.37. The smallest absolute Gasteiger partial charge is 0.247 e. The normalized spacial score (nSPS) is 14.9. The molecule has 186 valence electrons. The van der Waals surface area contributed by atoms with Gasteiger partial charge in [-0.2, -0.15) is 8.61 Å². The Morgan fingerprint density at radius 2 is 1.74 bits per heavy atom. The van der Waals surface area contributed by atoms with Gasteiger partial charge >= 0.3 is 0 Å². The second-order valence-corrected chi connectivity index (χ2v) is 11.6. The van der Waals surface area contributed by atoms with E-state index >= 15 is 0 Å². The third-order valence-corrected chi connectivity index (χ3v) is 9.39. The number of nitrogens with one attached hydrogen (secondary N) is 1. The number of amides is 1. The average molecular weight is 514 g/mol. The summed E-state index contributed by atoms with van der Waals surface area (Å²) < 4.78 is 72.3. The molecule has 0 saturated carbocycles. The molecule has 1 fully saturated rings. The molecule has 1 aliphatic rings. The van der Waals surface area contributed by atoms with Crippen molar-refractivity contribution in [3.8, 4) is 5.75 Å². The summed E-state index contributed by atoms with van der Waals surface area (Å²) in [5, 5.41) is 2.63. The number of carbonyl (C=O) groups is 1. The van der Waals surface area contributed by atoms with Crippen LogP contribution in [0.2, 0.25) is 0 Å². The van der Waals surface area contributed by atoms with Gasteiger partial charge < -0.3 is 10.1 Å². The Morgan fingerprint density at radius 1 is 1.09 bits per heavy atom. The lowest BCUT2D eigenvalue weighted by Gasteiger charge is -2.21. The van der Waals surface area contributed by atoms with Gasteiger partial charge in [0.15, 0.2) is 0 Å². The molecule has 2 aromatic rings. The van der Waals surface area contributed by atoms with E-state index in [4.69, 9.17) is 4.74 Å². The van der Waals surface area contributed by atoms with Crippen LogP contribution in [-0.4, -0.2) is 64.6 Å². The number of methoxy groups -OCH3 is 1. The molecule has 0 unspecified atom stereocenters. The molecule has 1 aliphatic heterocycles. The van der Waals surface area contributed by atoms with Gasteiger partial charge in [0.2, 0.25) is 26.0 Å². The van der Waals surface area contributed by atoms with Crippen LogP contribution in [0, 0.1) is 5.82 Å². The van der Waals surface area contributed by atoms with Gasteiger partial charge in [-0.1, -0.05) is 19.1 Å². The van der Waals surface area contributed by atoms with Gasteiger partial charge in [-0.3, -0.25) is 4.79 Å². The highest BCUT2D eigenvalue weighted by atomic mass is 32.2. The third kappa shape index (κ3) is 5.74. The summed E-state index contributed by atoms with van der Waals surface area (Å²) in [4.78, 5) is 12.3. The Balaban J connectivity index is 1.64. The number of halogens is 1. The summed E-state index contributed by atoms with van der Waals surface area (Å²) in [6.07, 6.45) is 1.69. The van der Waals surface area contributed by atoms with Crippen LogP contribution in [0.3, 0.4) is 0 Å². The number of nitrogens with zero attached hydrogens (tertiary/aromatic N) is 2. The Hall–Kier alpha value is -2.54. The fourth-order valence-corrected chi connectivity index (χ4v) is 6.72. The van der Waals surface area contributed by atoms with Gasteiger partial charge in [0.25, 0.3) is 0 Å². The standard InChI is InChI=1S/C22H28FN3O6S2/c1-3-25(34(30,31)21-14-18(23)8-11-20(21)32-2)16-22(27)24-15-17-6-9-19(10-7-17)33(28,29)26-12-4-5-13-26/h6-11,14H,3-5,12-13,15-16H2,1-2H3,(H,24,27). The quantitative estimate of drug-likeness (QED) is 0.520. The van der Waals surface area contributed by atoms with Crippen molar-refractivity contribution < 1.29 is 30.8 Å². The molecule has 0 bridgehead atoms. The van der Waals surface area contributed by atoms with E-state index < -0.39 is 38.3 Å². The molecule has 1 amide bonds. The van der Waals surface area contributed by atoms with Gasteiger partial charge in [0.1, 0.15) is 16.5 Å². The van der Waals surface area contributed by atoms with E-state index in [2.05, 4.69) is 5.32 Å². The monoisotopic (exact) mass is 513 g/mol. The maximum absolute atomic E-state index is 13.7. The number of ether oxygens (including phenoxy) is 1. The van der Waals surface area contributed by atoms with E-state index in [1.807, 2.05) is 0 Å². The van der Waals surface area contributed by atoms with E-state index in [1.165, 1.54) is 29.6 Å². The second-order valence-electron chi connectivity index (χ2n) is 7.76. The lowest BCUT2D eigenvalue weighted by Crippen LogP contribution is -2.40. The van der Waals surface area contributed by atoms with Crippen LogP contribution in [0.4, 0.5) is 4.39 Å². The minimum atomic E-state index is -4.19. The molecule has 3 rings (SSSR count). The van der Waals surface area contributed by atoms with Crippen molar-refractivity contribution in [2.24, 2.45) is 0 Å². The molecule has 1 N–H and O–H groups in total. The summed E-state index contributed by atoms with van der Waals surface area (Å²) in [7, 11) is -6.44. The molecule has 12 heteroatoms. The zero-order chi connectivity index (χ0) is 24.9. The molecule has 34 heavy (non-hydrogen) atoms. The molecule has 0 aromatic heterocycles. The largest absolute Gasteiger partial charge is 0.495 e. The van der Waals surface area contributed by atoms with Crippen LogP contribution in [0.15, 0.2) is 52.3 Å². The maximum Gasteiger partial charge on any atom is 0.247 e. The maximum atomic E-state index is 13.7. The van der Waals surface area contributed by atoms with E-state index in [-0.39, 0.29) is 28.6 Å². The van der Waals surface area contributed by atoms with Crippen molar-refractivity contribution in [3.63, 3.8) is 0 Å². The highest BCUT2D eigenvalue weighted by molar-refractivity contribution is 7.89. The lowest BCUT2D eigenvalue weighted by atomic mass is 10.2. The zero-order valence-corrected chi connectivity index (χ0v) is 20.7. The molecule has 2 aromatic carbocycles. The molecule has 9 nitrogen and oxygen atoms in total. The fraction of sp³-hybridized carbons (Fsp3) is 0.409. The van der Waals surface area contributed by atoms with Crippen LogP contribution in [0.1, 0.15) is 25.3 Å². The molecule has 0 atom stereocenters. The van der Waals surface area contributed by atoms with Crippen molar-refractivity contribution in [3.05, 3.63) is 53.8 Å². The van der Waals surface area contributed by atoms with Gasteiger partial charge in [-0.15, -0.1) is 0 Å². The first-order valence-corrected chi connectivity index (χ1v) is 13.7. The van der Waals surface area contributed by atoms with Crippen molar-refractivity contribution in [2.75, 3.05) is 33.3 Å². The molecule has 0 radical (unpaired) electrons. The molecule has 1 heterocycles. The summed E-state index contributed by atoms with van der Waals surface area (Å²) >= 11 is 0. The SMILES string of the molecule is CCN(CC(=O)NCc1ccc(S(=O)(=O)N2CCCC2)cc1)S(=O)(=O)c1cc(F)ccc1OC. The number of carbonyl (C=O) groups excluding carboxylic acids is 1. The van der Waals surface area contributed by atoms with Gasteiger partial charge in [0, 0.05) is 26.2 Å². The highest BCUT2D eigenvalue weighted by Gasteiger charge is 2.29. The summed E-state index contributed by atoms with van der Waals surface area (Å²) in [5.41, 5.74) is 0.659. The number of hydrogen-bond donors (Lipinski definition) is 1. The van der Waals surface area contributed by atoms with Crippen molar-refractivity contribution in [1.82, 2.24) is 13.9 Å². The minimum Gasteiger partial charge on any atom is -0.495 e. The van der Waals surface area contributed by atoms with Crippen LogP contribution in [-0.2, 0) is 31.4 Å². The second kappa shape index (κ2) is 10.8. The first-order chi connectivity index (χ1) is 16.1.